The van der Waals surface area contributed by atoms with Crippen molar-refractivity contribution in [1.29, 1.82) is 0 Å². The van der Waals surface area contributed by atoms with Gasteiger partial charge < -0.3 is 9.73 Å². The van der Waals surface area contributed by atoms with Crippen molar-refractivity contribution in [1.82, 2.24) is 19.8 Å². The van der Waals surface area contributed by atoms with Gasteiger partial charge in [-0.1, -0.05) is 12.1 Å². The van der Waals surface area contributed by atoms with E-state index in [1.807, 2.05) is 31.2 Å². The molecular weight excluding hydrogens is 352 g/mol. The molecule has 0 radical (unpaired) electrons. The van der Waals surface area contributed by atoms with Crippen molar-refractivity contribution in [3.8, 4) is 11.5 Å². The molecule has 0 aliphatic rings. The van der Waals surface area contributed by atoms with E-state index < -0.39 is 10.0 Å². The third-order valence-electron chi connectivity index (χ3n) is 4.05. The lowest BCUT2D eigenvalue weighted by atomic mass is 10.2. The van der Waals surface area contributed by atoms with Crippen LogP contribution in [0.1, 0.15) is 16.9 Å². The molecule has 2 N–H and O–H groups in total. The maximum absolute atomic E-state index is 12.1. The van der Waals surface area contributed by atoms with Crippen molar-refractivity contribution in [3.63, 3.8) is 0 Å². The topological polar surface area (TPSA) is 91.2 Å². The first-order valence-electron chi connectivity index (χ1n) is 8.19. The first-order chi connectivity index (χ1) is 12.4. The lowest BCUT2D eigenvalue weighted by Crippen LogP contribution is -2.22. The van der Waals surface area contributed by atoms with Gasteiger partial charge in [-0.25, -0.2) is 12.7 Å². The second-order valence-corrected chi connectivity index (χ2v) is 8.37. The van der Waals surface area contributed by atoms with Gasteiger partial charge in [-0.2, -0.15) is 5.10 Å². The third kappa shape index (κ3) is 3.87. The monoisotopic (exact) mass is 374 g/mol. The summed E-state index contributed by atoms with van der Waals surface area (Å²) >= 11 is 0. The molecule has 0 fully saturated rings. The number of hydrogen-bond acceptors (Lipinski definition) is 5. The van der Waals surface area contributed by atoms with Crippen LogP contribution >= 0.6 is 0 Å². The van der Waals surface area contributed by atoms with Crippen LogP contribution in [0.5, 0.6) is 0 Å². The van der Waals surface area contributed by atoms with E-state index in [1.165, 1.54) is 18.4 Å². The van der Waals surface area contributed by atoms with E-state index in [0.29, 0.717) is 13.1 Å². The van der Waals surface area contributed by atoms with Gasteiger partial charge in [0.05, 0.1) is 11.1 Å². The van der Waals surface area contributed by atoms with E-state index in [1.54, 1.807) is 18.3 Å². The number of rotatable bonds is 7. The van der Waals surface area contributed by atoms with E-state index >= 15 is 0 Å². The van der Waals surface area contributed by atoms with E-state index in [0.717, 1.165) is 28.3 Å². The van der Waals surface area contributed by atoms with Gasteiger partial charge in [-0.05, 0) is 36.8 Å². The second kappa shape index (κ2) is 7.45. The van der Waals surface area contributed by atoms with Crippen molar-refractivity contribution in [2.24, 2.45) is 0 Å². The van der Waals surface area contributed by atoms with Crippen molar-refractivity contribution >= 4 is 10.0 Å². The molecule has 7 nitrogen and oxygen atoms in total. The Balaban J connectivity index is 1.62. The summed E-state index contributed by atoms with van der Waals surface area (Å²) in [5.41, 5.74) is 2.87. The molecule has 0 unspecified atom stereocenters. The Morgan fingerprint density at radius 3 is 2.46 bits per heavy atom. The molecule has 0 saturated heterocycles. The van der Waals surface area contributed by atoms with Crippen LogP contribution in [0.15, 0.2) is 51.9 Å². The van der Waals surface area contributed by atoms with Gasteiger partial charge in [0.2, 0.25) is 10.0 Å². The Bertz CT molecular complexity index is 972. The van der Waals surface area contributed by atoms with Crippen LogP contribution in [0.2, 0.25) is 0 Å². The fourth-order valence-corrected chi connectivity index (χ4v) is 3.46. The largest absolute Gasteiger partial charge is 0.460 e. The third-order valence-corrected chi connectivity index (χ3v) is 5.88. The summed E-state index contributed by atoms with van der Waals surface area (Å²) < 4.78 is 31.0. The molecular formula is C18H22N4O3S. The van der Waals surface area contributed by atoms with Crippen LogP contribution < -0.4 is 5.32 Å². The summed E-state index contributed by atoms with van der Waals surface area (Å²) in [6.45, 7) is 3.13. The average molecular weight is 374 g/mol. The van der Waals surface area contributed by atoms with Gasteiger partial charge in [0.1, 0.15) is 11.5 Å². The minimum atomic E-state index is -3.39. The number of aryl methyl sites for hydroxylation is 1. The van der Waals surface area contributed by atoms with Gasteiger partial charge in [0.25, 0.3) is 0 Å². The number of aromatic nitrogens is 2. The normalized spacial score (nSPS) is 12.0. The van der Waals surface area contributed by atoms with Crippen molar-refractivity contribution in [3.05, 3.63) is 59.5 Å². The SMILES string of the molecule is Cc1ccc(-c2[nH]ncc2CNCc2ccc(S(=O)(=O)N(C)C)cc2)o1. The number of nitrogens with one attached hydrogen (secondary N) is 2. The number of benzene rings is 1. The molecule has 0 amide bonds. The van der Waals surface area contributed by atoms with E-state index in [-0.39, 0.29) is 4.90 Å². The molecule has 0 aliphatic heterocycles. The lowest BCUT2D eigenvalue weighted by Gasteiger charge is -2.12. The predicted molar refractivity (Wildman–Crippen MR) is 98.9 cm³/mol. The van der Waals surface area contributed by atoms with E-state index in [9.17, 15) is 8.42 Å². The summed E-state index contributed by atoms with van der Waals surface area (Å²) in [6.07, 6.45) is 1.77. The van der Waals surface area contributed by atoms with E-state index in [2.05, 4.69) is 15.5 Å². The molecule has 0 aliphatic carbocycles. The molecule has 3 rings (SSSR count). The maximum atomic E-state index is 12.1. The van der Waals surface area contributed by atoms with E-state index in [4.69, 9.17) is 4.42 Å². The number of furan rings is 1. The second-order valence-electron chi connectivity index (χ2n) is 6.22. The molecule has 0 atom stereocenters. The zero-order valence-corrected chi connectivity index (χ0v) is 15.8. The molecule has 138 valence electrons. The molecule has 2 heterocycles. The fourth-order valence-electron chi connectivity index (χ4n) is 2.56. The Morgan fingerprint density at radius 2 is 1.85 bits per heavy atom. The molecule has 1 aromatic carbocycles. The van der Waals surface area contributed by atoms with Crippen LogP contribution in [-0.2, 0) is 23.1 Å². The Morgan fingerprint density at radius 1 is 1.12 bits per heavy atom. The molecule has 2 aromatic heterocycles. The molecule has 26 heavy (non-hydrogen) atoms. The van der Waals surface area contributed by atoms with Crippen molar-refractivity contribution < 1.29 is 12.8 Å². The fraction of sp³-hybridized carbons (Fsp3) is 0.278. The molecule has 8 heteroatoms. The Hall–Kier alpha value is -2.42. The van der Waals surface area contributed by atoms with Crippen LogP contribution in [0.4, 0.5) is 0 Å². The molecule has 0 saturated carbocycles. The zero-order chi connectivity index (χ0) is 18.7. The molecule has 3 aromatic rings. The van der Waals surface area contributed by atoms with Crippen LogP contribution in [-0.4, -0.2) is 37.0 Å². The zero-order valence-electron chi connectivity index (χ0n) is 15.0. The number of hydrogen-bond donors (Lipinski definition) is 2. The highest BCUT2D eigenvalue weighted by molar-refractivity contribution is 7.89. The van der Waals surface area contributed by atoms with Crippen molar-refractivity contribution in [2.75, 3.05) is 14.1 Å². The van der Waals surface area contributed by atoms with Crippen LogP contribution in [0.25, 0.3) is 11.5 Å². The van der Waals surface area contributed by atoms with Gasteiger partial charge in [-0.3, -0.25) is 5.10 Å². The number of H-pyrrole nitrogens is 1. The molecule has 0 bridgehead atoms. The summed E-state index contributed by atoms with van der Waals surface area (Å²) in [4.78, 5) is 0.288. The Kier molecular flexibility index (Phi) is 5.26. The quantitative estimate of drug-likeness (QED) is 0.663. The smallest absolute Gasteiger partial charge is 0.242 e. The van der Waals surface area contributed by atoms with Gasteiger partial charge in [-0.15, -0.1) is 0 Å². The lowest BCUT2D eigenvalue weighted by molar-refractivity contribution is 0.520. The minimum Gasteiger partial charge on any atom is -0.460 e. The van der Waals surface area contributed by atoms with Gasteiger partial charge in [0, 0.05) is 32.7 Å². The number of nitrogens with zero attached hydrogens (tertiary/aromatic N) is 2. The summed E-state index contributed by atoms with van der Waals surface area (Å²) in [5.74, 6) is 1.61. The highest BCUT2D eigenvalue weighted by atomic mass is 32.2. The Labute approximate surface area is 153 Å². The summed E-state index contributed by atoms with van der Waals surface area (Å²) in [5, 5.41) is 10.4. The highest BCUT2D eigenvalue weighted by Crippen LogP contribution is 2.23. The molecule has 0 spiro atoms. The standard InChI is InChI=1S/C18H22N4O3S/c1-13-4-9-17(25-13)18-15(12-20-21-18)11-19-10-14-5-7-16(8-6-14)26(23,24)22(2)3/h4-9,12,19H,10-11H2,1-3H3,(H,20,21). The summed E-state index contributed by atoms with van der Waals surface area (Å²) in [6, 6.07) is 10.7. The first kappa shape index (κ1) is 18.4. The first-order valence-corrected chi connectivity index (χ1v) is 9.63. The van der Waals surface area contributed by atoms with Crippen molar-refractivity contribution in [2.45, 2.75) is 24.9 Å². The summed E-state index contributed by atoms with van der Waals surface area (Å²) in [7, 11) is -0.351. The van der Waals surface area contributed by atoms with Crippen LogP contribution in [0.3, 0.4) is 0 Å². The highest BCUT2D eigenvalue weighted by Gasteiger charge is 2.16. The van der Waals surface area contributed by atoms with Gasteiger partial charge in [0.15, 0.2) is 5.76 Å². The average Bonchev–Trinajstić information content (AvgIpc) is 3.24. The predicted octanol–water partition coefficient (Wildman–Crippen LogP) is 2.52. The minimum absolute atomic E-state index is 0.288. The number of aromatic amines is 1. The maximum Gasteiger partial charge on any atom is 0.242 e. The number of sulfonamides is 1. The van der Waals surface area contributed by atoms with Crippen LogP contribution in [0, 0.1) is 6.92 Å². The van der Waals surface area contributed by atoms with Gasteiger partial charge >= 0.3 is 0 Å².